The van der Waals surface area contributed by atoms with Crippen molar-refractivity contribution in [3.8, 4) is 17.2 Å². The molecule has 0 saturated heterocycles. The molecule has 0 bridgehead atoms. The lowest BCUT2D eigenvalue weighted by Crippen LogP contribution is -2.42. The van der Waals surface area contributed by atoms with Gasteiger partial charge in [0, 0.05) is 11.6 Å². The Hall–Kier alpha value is -3.10. The van der Waals surface area contributed by atoms with E-state index in [1.54, 1.807) is 23.1 Å². The largest absolute Gasteiger partial charge is 0.493 e. The smallest absolute Gasteiger partial charge is 0.416 e. The molecule has 4 rings (SSSR count). The zero-order valence-electron chi connectivity index (χ0n) is 19.4. The fraction of sp³-hybridized carbons (Fsp3) is 0.269. The van der Waals surface area contributed by atoms with Crippen molar-refractivity contribution in [1.29, 1.82) is 0 Å². The van der Waals surface area contributed by atoms with Crippen LogP contribution in [0.25, 0.3) is 0 Å². The van der Waals surface area contributed by atoms with Crippen LogP contribution in [0.3, 0.4) is 0 Å². The molecule has 0 radical (unpaired) electrons. The highest BCUT2D eigenvalue weighted by atomic mass is 35.5. The number of carbonyl (C=O) groups is 1. The van der Waals surface area contributed by atoms with Crippen LogP contribution in [0.4, 0.5) is 13.2 Å². The molecule has 10 heteroatoms. The van der Waals surface area contributed by atoms with Crippen molar-refractivity contribution < 1.29 is 32.2 Å². The molecular weight excluding hydrogens is 518 g/mol. The minimum atomic E-state index is -4.51. The number of alkyl halides is 3. The molecule has 0 N–H and O–H groups in total. The molecule has 0 spiro atoms. The first kappa shape index (κ1) is 26.0. The number of carbonyl (C=O) groups excluding carboxylic acids is 1. The van der Waals surface area contributed by atoms with E-state index >= 15 is 0 Å². The van der Waals surface area contributed by atoms with Gasteiger partial charge in [-0.1, -0.05) is 29.3 Å². The Kier molecular flexibility index (Phi) is 7.57. The number of methoxy groups -OCH3 is 2. The second-order valence-electron chi connectivity index (χ2n) is 8.13. The average Bonchev–Trinajstić information content (AvgIpc) is 2.85. The van der Waals surface area contributed by atoms with E-state index in [0.29, 0.717) is 29.5 Å². The highest BCUT2D eigenvalue weighted by Gasteiger charge is 2.35. The number of amides is 1. The van der Waals surface area contributed by atoms with E-state index in [1.807, 2.05) is 6.07 Å². The van der Waals surface area contributed by atoms with Gasteiger partial charge in [0.05, 0.1) is 36.4 Å². The standard InChI is InChI=1S/C26H22Cl2F3NO4/c1-34-23-10-15-8-9-32(25(33)19-7-6-17(27)12-21(19)28)22(20(15)13-24(23)35-2)14-36-18-5-3-4-16(11-18)26(29,30)31/h3-7,10-13,22H,8-9,14H2,1-2H3/t22-/m0/s1. The number of hydrogen-bond acceptors (Lipinski definition) is 4. The van der Waals surface area contributed by atoms with Crippen molar-refractivity contribution >= 4 is 29.1 Å². The number of ether oxygens (including phenoxy) is 3. The van der Waals surface area contributed by atoms with Gasteiger partial charge in [0.25, 0.3) is 5.91 Å². The Morgan fingerprint density at radius 3 is 2.42 bits per heavy atom. The topological polar surface area (TPSA) is 48.0 Å². The molecule has 1 atom stereocenters. The van der Waals surface area contributed by atoms with Crippen molar-refractivity contribution in [2.24, 2.45) is 0 Å². The fourth-order valence-corrected chi connectivity index (χ4v) is 4.70. The summed E-state index contributed by atoms with van der Waals surface area (Å²) in [4.78, 5) is 15.2. The molecule has 36 heavy (non-hydrogen) atoms. The molecule has 1 aliphatic heterocycles. The van der Waals surface area contributed by atoms with Gasteiger partial charge in [-0.2, -0.15) is 13.2 Å². The fourth-order valence-electron chi connectivity index (χ4n) is 4.21. The molecule has 5 nitrogen and oxygen atoms in total. The zero-order chi connectivity index (χ0) is 26.0. The summed E-state index contributed by atoms with van der Waals surface area (Å²) in [5.74, 6) is 0.678. The van der Waals surface area contributed by atoms with Gasteiger partial charge in [0.15, 0.2) is 11.5 Å². The first-order valence-electron chi connectivity index (χ1n) is 10.9. The Bertz CT molecular complexity index is 1280. The molecule has 0 fully saturated rings. The Balaban J connectivity index is 1.72. The molecular formula is C26H22Cl2F3NO4. The van der Waals surface area contributed by atoms with Crippen LogP contribution >= 0.6 is 23.2 Å². The van der Waals surface area contributed by atoms with Gasteiger partial charge < -0.3 is 19.1 Å². The van der Waals surface area contributed by atoms with Crippen molar-refractivity contribution in [1.82, 2.24) is 4.90 Å². The maximum atomic E-state index is 13.6. The van der Waals surface area contributed by atoms with Crippen LogP contribution in [-0.2, 0) is 12.6 Å². The van der Waals surface area contributed by atoms with Gasteiger partial charge in [-0.15, -0.1) is 0 Å². The van der Waals surface area contributed by atoms with Gasteiger partial charge in [0.1, 0.15) is 12.4 Å². The molecule has 3 aromatic carbocycles. The van der Waals surface area contributed by atoms with E-state index in [-0.39, 0.29) is 28.8 Å². The van der Waals surface area contributed by atoms with E-state index < -0.39 is 17.8 Å². The van der Waals surface area contributed by atoms with Gasteiger partial charge in [-0.05, 0) is 66.1 Å². The van der Waals surface area contributed by atoms with Crippen molar-refractivity contribution in [3.05, 3.63) is 86.9 Å². The Morgan fingerprint density at radius 2 is 1.75 bits per heavy atom. The first-order valence-corrected chi connectivity index (χ1v) is 11.7. The molecule has 190 valence electrons. The van der Waals surface area contributed by atoms with Gasteiger partial charge >= 0.3 is 6.18 Å². The van der Waals surface area contributed by atoms with Gasteiger partial charge in [0.2, 0.25) is 0 Å². The third kappa shape index (κ3) is 5.34. The number of hydrogen-bond donors (Lipinski definition) is 0. The maximum absolute atomic E-state index is 13.6. The van der Waals surface area contributed by atoms with E-state index in [4.69, 9.17) is 37.4 Å². The lowest BCUT2D eigenvalue weighted by atomic mass is 9.91. The summed E-state index contributed by atoms with van der Waals surface area (Å²) in [7, 11) is 3.03. The Labute approximate surface area is 216 Å². The first-order chi connectivity index (χ1) is 17.1. The monoisotopic (exact) mass is 539 g/mol. The van der Waals surface area contributed by atoms with Crippen LogP contribution in [0.2, 0.25) is 10.0 Å². The normalized spacial score (nSPS) is 15.3. The van der Waals surface area contributed by atoms with Crippen LogP contribution in [0, 0.1) is 0 Å². The summed E-state index contributed by atoms with van der Waals surface area (Å²) in [5.41, 5.74) is 1.09. The predicted molar refractivity (Wildman–Crippen MR) is 130 cm³/mol. The lowest BCUT2D eigenvalue weighted by Gasteiger charge is -2.38. The van der Waals surface area contributed by atoms with Crippen LogP contribution in [0.15, 0.2) is 54.6 Å². The van der Waals surface area contributed by atoms with Crippen molar-refractivity contribution in [3.63, 3.8) is 0 Å². The van der Waals surface area contributed by atoms with E-state index in [0.717, 1.165) is 23.3 Å². The summed E-state index contributed by atoms with van der Waals surface area (Å²) in [6.07, 6.45) is -3.99. The van der Waals surface area contributed by atoms with Crippen LogP contribution in [0.5, 0.6) is 17.2 Å². The summed E-state index contributed by atoms with van der Waals surface area (Å²) in [6, 6.07) is 12.2. The highest BCUT2D eigenvalue weighted by Crippen LogP contribution is 2.40. The third-order valence-corrected chi connectivity index (χ3v) is 6.54. The van der Waals surface area contributed by atoms with Gasteiger partial charge in [-0.25, -0.2) is 0 Å². The lowest BCUT2D eigenvalue weighted by molar-refractivity contribution is -0.137. The molecule has 1 heterocycles. The molecule has 0 aromatic heterocycles. The van der Waals surface area contributed by atoms with Crippen LogP contribution < -0.4 is 14.2 Å². The summed E-state index contributed by atoms with van der Waals surface area (Å²) >= 11 is 12.3. The third-order valence-electron chi connectivity index (χ3n) is 5.99. The zero-order valence-corrected chi connectivity index (χ0v) is 20.9. The van der Waals surface area contributed by atoms with Crippen molar-refractivity contribution in [2.75, 3.05) is 27.4 Å². The average molecular weight is 540 g/mol. The molecule has 0 aliphatic carbocycles. The number of benzene rings is 3. The molecule has 3 aromatic rings. The quantitative estimate of drug-likeness (QED) is 0.343. The van der Waals surface area contributed by atoms with Crippen LogP contribution in [-0.4, -0.2) is 38.2 Å². The second kappa shape index (κ2) is 10.5. The number of rotatable bonds is 6. The summed E-state index contributed by atoms with van der Waals surface area (Å²) in [5, 5.41) is 0.588. The van der Waals surface area contributed by atoms with Crippen molar-refractivity contribution in [2.45, 2.75) is 18.6 Å². The molecule has 1 aliphatic rings. The maximum Gasteiger partial charge on any atom is 0.416 e. The molecule has 0 saturated carbocycles. The van der Waals surface area contributed by atoms with E-state index in [1.165, 1.54) is 32.4 Å². The molecule has 1 amide bonds. The van der Waals surface area contributed by atoms with Gasteiger partial charge in [-0.3, -0.25) is 4.79 Å². The van der Waals surface area contributed by atoms with Crippen LogP contribution in [0.1, 0.15) is 33.1 Å². The number of nitrogens with zero attached hydrogens (tertiary/aromatic N) is 1. The minimum absolute atomic E-state index is 0.0364. The second-order valence-corrected chi connectivity index (χ2v) is 8.97. The predicted octanol–water partition coefficient (Wildman–Crippen LogP) is 6.85. The Morgan fingerprint density at radius 1 is 1.03 bits per heavy atom. The minimum Gasteiger partial charge on any atom is -0.493 e. The number of fused-ring (bicyclic) bond motifs is 1. The highest BCUT2D eigenvalue weighted by molar-refractivity contribution is 6.36. The van der Waals surface area contributed by atoms with E-state index in [9.17, 15) is 18.0 Å². The van der Waals surface area contributed by atoms with E-state index in [2.05, 4.69) is 0 Å². The number of halogens is 5. The molecule has 0 unspecified atom stereocenters. The SMILES string of the molecule is COc1cc2c(cc1OC)[C@H](COc1cccc(C(F)(F)F)c1)N(C(=O)c1ccc(Cl)cc1Cl)CC2. The summed E-state index contributed by atoms with van der Waals surface area (Å²) in [6.45, 7) is 0.234. The summed E-state index contributed by atoms with van der Waals surface area (Å²) < 4.78 is 56.2.